The summed E-state index contributed by atoms with van der Waals surface area (Å²) in [5.74, 6) is -0.809. The number of para-hydroxylation sites is 1. The molecule has 0 aliphatic heterocycles. The highest BCUT2D eigenvalue weighted by molar-refractivity contribution is 7.18. The van der Waals surface area contributed by atoms with E-state index in [0.717, 1.165) is 45.7 Å². The van der Waals surface area contributed by atoms with Crippen molar-refractivity contribution >= 4 is 33.4 Å². The minimum Gasteiger partial charge on any atom is -0.365 e. The standard InChI is InChI=1S/C21H22N4O3S/c22-20(27)13-11-12-14(6-3-7-15(12)25-21(13)28)23-18(26)9-4-10-19-24-16-5-1-2-8-17(16)29-19/h1-2,5,8,11,14H,3-4,6-7,9-10H2,(H2,22,27)(H,23,26)(H,25,28). The van der Waals surface area contributed by atoms with Crippen LogP contribution in [-0.4, -0.2) is 21.8 Å². The fourth-order valence-corrected chi connectivity index (χ4v) is 4.78. The van der Waals surface area contributed by atoms with Crippen LogP contribution in [0.15, 0.2) is 35.1 Å². The smallest absolute Gasteiger partial charge is 0.261 e. The molecule has 150 valence electrons. The van der Waals surface area contributed by atoms with Crippen LogP contribution in [-0.2, 0) is 17.6 Å². The number of carbonyl (C=O) groups excluding carboxylic acids is 2. The lowest BCUT2D eigenvalue weighted by Crippen LogP contribution is -2.34. The van der Waals surface area contributed by atoms with E-state index in [0.29, 0.717) is 19.3 Å². The number of rotatable bonds is 6. The molecule has 29 heavy (non-hydrogen) atoms. The van der Waals surface area contributed by atoms with Gasteiger partial charge in [0.1, 0.15) is 5.56 Å². The molecule has 1 aliphatic carbocycles. The Bertz CT molecular complexity index is 1100. The zero-order valence-electron chi connectivity index (χ0n) is 15.9. The number of benzene rings is 1. The summed E-state index contributed by atoms with van der Waals surface area (Å²) < 4.78 is 1.16. The average Bonchev–Trinajstić information content (AvgIpc) is 3.10. The molecular weight excluding hydrogens is 388 g/mol. The molecule has 8 heteroatoms. The van der Waals surface area contributed by atoms with Crippen molar-refractivity contribution in [3.8, 4) is 0 Å². The summed E-state index contributed by atoms with van der Waals surface area (Å²) in [6.07, 6.45) is 4.20. The number of aromatic amines is 1. The summed E-state index contributed by atoms with van der Waals surface area (Å²) in [5, 5.41) is 4.08. The Labute approximate surface area is 171 Å². The number of aromatic nitrogens is 2. The summed E-state index contributed by atoms with van der Waals surface area (Å²) in [6, 6.07) is 9.32. The third kappa shape index (κ3) is 4.22. The van der Waals surface area contributed by atoms with Crippen LogP contribution in [0.2, 0.25) is 0 Å². The summed E-state index contributed by atoms with van der Waals surface area (Å²) in [4.78, 5) is 43.3. The van der Waals surface area contributed by atoms with E-state index < -0.39 is 11.5 Å². The number of H-pyrrole nitrogens is 1. The average molecular weight is 410 g/mol. The van der Waals surface area contributed by atoms with Gasteiger partial charge >= 0.3 is 0 Å². The van der Waals surface area contributed by atoms with Crippen LogP contribution in [0.5, 0.6) is 0 Å². The van der Waals surface area contributed by atoms with Crippen LogP contribution < -0.4 is 16.6 Å². The fourth-order valence-electron chi connectivity index (χ4n) is 3.77. The molecule has 0 saturated carbocycles. The Hall–Kier alpha value is -3.00. The summed E-state index contributed by atoms with van der Waals surface area (Å²) in [6.45, 7) is 0. The second-order valence-electron chi connectivity index (χ2n) is 7.25. The van der Waals surface area contributed by atoms with Crippen LogP contribution in [0.3, 0.4) is 0 Å². The van der Waals surface area contributed by atoms with Gasteiger partial charge in [-0.2, -0.15) is 0 Å². The van der Waals surface area contributed by atoms with Gasteiger partial charge < -0.3 is 16.0 Å². The van der Waals surface area contributed by atoms with E-state index in [1.54, 1.807) is 11.3 Å². The molecule has 0 spiro atoms. The van der Waals surface area contributed by atoms with Gasteiger partial charge in [0, 0.05) is 12.1 Å². The summed E-state index contributed by atoms with van der Waals surface area (Å²) in [5.41, 5.74) is 7.30. The first-order valence-electron chi connectivity index (χ1n) is 9.71. The minimum atomic E-state index is -0.763. The Balaban J connectivity index is 1.38. The van der Waals surface area contributed by atoms with E-state index in [4.69, 9.17) is 5.73 Å². The van der Waals surface area contributed by atoms with Gasteiger partial charge in [0.2, 0.25) is 5.91 Å². The molecule has 0 saturated heterocycles. The zero-order valence-corrected chi connectivity index (χ0v) is 16.7. The molecule has 0 radical (unpaired) electrons. The normalized spacial score (nSPS) is 15.8. The molecule has 0 fully saturated rings. The van der Waals surface area contributed by atoms with Gasteiger partial charge in [0.25, 0.3) is 11.5 Å². The molecule has 2 heterocycles. The zero-order chi connectivity index (χ0) is 20.4. The summed E-state index contributed by atoms with van der Waals surface area (Å²) >= 11 is 1.66. The van der Waals surface area contributed by atoms with Crippen LogP contribution in [0.1, 0.15) is 58.3 Å². The predicted octanol–water partition coefficient (Wildman–Crippen LogP) is 2.60. The van der Waals surface area contributed by atoms with Crippen molar-refractivity contribution in [3.63, 3.8) is 0 Å². The van der Waals surface area contributed by atoms with Crippen molar-refractivity contribution in [1.82, 2.24) is 15.3 Å². The van der Waals surface area contributed by atoms with E-state index in [1.165, 1.54) is 6.07 Å². The minimum absolute atomic E-state index is 0.0456. The third-order valence-corrected chi connectivity index (χ3v) is 6.28. The molecule has 1 atom stereocenters. The Morgan fingerprint density at radius 3 is 2.93 bits per heavy atom. The third-order valence-electron chi connectivity index (χ3n) is 5.19. The van der Waals surface area contributed by atoms with Crippen LogP contribution in [0.4, 0.5) is 0 Å². The van der Waals surface area contributed by atoms with Gasteiger partial charge in [-0.1, -0.05) is 12.1 Å². The predicted molar refractivity (Wildman–Crippen MR) is 112 cm³/mol. The molecule has 4 rings (SSSR count). The Morgan fingerprint density at radius 1 is 1.31 bits per heavy atom. The van der Waals surface area contributed by atoms with Crippen molar-refractivity contribution < 1.29 is 9.59 Å². The number of amides is 2. The van der Waals surface area contributed by atoms with Crippen molar-refractivity contribution in [2.75, 3.05) is 0 Å². The maximum Gasteiger partial charge on any atom is 0.261 e. The monoisotopic (exact) mass is 410 g/mol. The lowest BCUT2D eigenvalue weighted by Gasteiger charge is -2.26. The topological polar surface area (TPSA) is 118 Å². The summed E-state index contributed by atoms with van der Waals surface area (Å²) in [7, 11) is 0. The van der Waals surface area contributed by atoms with Crippen molar-refractivity contribution in [2.45, 2.75) is 44.6 Å². The lowest BCUT2D eigenvalue weighted by atomic mass is 9.90. The van der Waals surface area contributed by atoms with Crippen molar-refractivity contribution in [1.29, 1.82) is 0 Å². The van der Waals surface area contributed by atoms with E-state index in [2.05, 4.69) is 21.4 Å². The van der Waals surface area contributed by atoms with E-state index in [9.17, 15) is 14.4 Å². The highest BCUT2D eigenvalue weighted by atomic mass is 32.1. The Kier molecular flexibility index (Phi) is 5.44. The molecule has 1 aliphatic rings. The van der Waals surface area contributed by atoms with Gasteiger partial charge in [-0.3, -0.25) is 14.4 Å². The SMILES string of the molecule is NC(=O)c1cc2c([nH]c1=O)CCCC2NC(=O)CCCc1nc2ccccc2s1. The first-order chi connectivity index (χ1) is 14.0. The van der Waals surface area contributed by atoms with Crippen LogP contribution in [0, 0.1) is 0 Å². The first kappa shape index (κ1) is 19.3. The molecule has 7 nitrogen and oxygen atoms in total. The first-order valence-corrected chi connectivity index (χ1v) is 10.5. The molecule has 2 amide bonds. The number of fused-ring (bicyclic) bond motifs is 2. The molecule has 0 bridgehead atoms. The van der Waals surface area contributed by atoms with Gasteiger partial charge in [-0.25, -0.2) is 4.98 Å². The van der Waals surface area contributed by atoms with Crippen molar-refractivity contribution in [2.24, 2.45) is 5.73 Å². The number of hydrogen-bond acceptors (Lipinski definition) is 5. The second-order valence-corrected chi connectivity index (χ2v) is 8.37. The number of aryl methyl sites for hydroxylation is 2. The molecule has 1 unspecified atom stereocenters. The second kappa shape index (κ2) is 8.16. The Morgan fingerprint density at radius 2 is 2.14 bits per heavy atom. The highest BCUT2D eigenvalue weighted by Gasteiger charge is 2.24. The fraction of sp³-hybridized carbons (Fsp3) is 0.333. The maximum absolute atomic E-state index is 12.5. The molecule has 1 aromatic carbocycles. The van der Waals surface area contributed by atoms with Gasteiger partial charge in [-0.15, -0.1) is 11.3 Å². The van der Waals surface area contributed by atoms with Crippen LogP contribution in [0.25, 0.3) is 10.2 Å². The van der Waals surface area contributed by atoms with E-state index >= 15 is 0 Å². The van der Waals surface area contributed by atoms with Gasteiger partial charge in [0.05, 0.1) is 21.3 Å². The molecule has 4 N–H and O–H groups in total. The number of carbonyl (C=O) groups is 2. The number of pyridine rings is 1. The van der Waals surface area contributed by atoms with E-state index in [1.807, 2.05) is 18.2 Å². The molecule has 3 aromatic rings. The number of nitrogens with zero attached hydrogens (tertiary/aromatic N) is 1. The van der Waals surface area contributed by atoms with E-state index in [-0.39, 0.29) is 17.5 Å². The maximum atomic E-state index is 12.5. The quantitative estimate of drug-likeness (QED) is 0.579. The number of nitrogens with one attached hydrogen (secondary N) is 2. The van der Waals surface area contributed by atoms with Gasteiger partial charge in [0.15, 0.2) is 0 Å². The largest absolute Gasteiger partial charge is 0.365 e. The number of thiazole rings is 1. The number of nitrogens with two attached hydrogens (primary N) is 1. The lowest BCUT2D eigenvalue weighted by molar-refractivity contribution is -0.122. The molecular formula is C21H22N4O3S. The van der Waals surface area contributed by atoms with Crippen molar-refractivity contribution in [3.05, 3.63) is 62.5 Å². The van der Waals surface area contributed by atoms with Gasteiger partial charge in [-0.05, 0) is 55.9 Å². The molecule has 2 aromatic heterocycles. The van der Waals surface area contributed by atoms with Crippen LogP contribution >= 0.6 is 11.3 Å². The highest BCUT2D eigenvalue weighted by Crippen LogP contribution is 2.28. The number of hydrogen-bond donors (Lipinski definition) is 3. The number of primary amides is 1.